The molecule has 1 aromatic carbocycles. The molecule has 0 aliphatic heterocycles. The molecule has 0 spiro atoms. The summed E-state index contributed by atoms with van der Waals surface area (Å²) in [5, 5.41) is 14.0. The maximum atomic E-state index is 11.7. The number of amides is 2. The van der Waals surface area contributed by atoms with Crippen molar-refractivity contribution in [3.05, 3.63) is 24.3 Å². The number of anilines is 2. The van der Waals surface area contributed by atoms with E-state index in [0.717, 1.165) is 0 Å². The molecule has 0 heterocycles. The van der Waals surface area contributed by atoms with Gasteiger partial charge in [0.2, 0.25) is 11.8 Å². The predicted molar refractivity (Wildman–Crippen MR) is 68.6 cm³/mol. The number of benzene rings is 1. The third-order valence-corrected chi connectivity index (χ3v) is 2.92. The SMILES string of the molecule is CC(=O)Nc1ccc(NC(=O)C2CC2C(=O)O)cc1. The molecular weight excluding hydrogens is 248 g/mol. The van der Waals surface area contributed by atoms with Gasteiger partial charge in [0.25, 0.3) is 0 Å². The van der Waals surface area contributed by atoms with Gasteiger partial charge in [0.05, 0.1) is 11.8 Å². The minimum absolute atomic E-state index is 0.168. The van der Waals surface area contributed by atoms with Gasteiger partial charge in [-0.25, -0.2) is 0 Å². The Balaban J connectivity index is 1.91. The molecule has 0 saturated heterocycles. The van der Waals surface area contributed by atoms with Crippen molar-refractivity contribution in [1.82, 2.24) is 0 Å². The molecule has 3 N–H and O–H groups in total. The van der Waals surface area contributed by atoms with Gasteiger partial charge in [-0.3, -0.25) is 14.4 Å². The summed E-state index contributed by atoms with van der Waals surface area (Å²) in [7, 11) is 0. The van der Waals surface area contributed by atoms with Crippen LogP contribution in [0.3, 0.4) is 0 Å². The van der Waals surface area contributed by atoms with Crippen LogP contribution >= 0.6 is 0 Å². The van der Waals surface area contributed by atoms with Crippen molar-refractivity contribution < 1.29 is 19.5 Å². The first-order valence-electron chi connectivity index (χ1n) is 5.88. The highest BCUT2D eigenvalue weighted by atomic mass is 16.4. The molecule has 6 heteroatoms. The highest BCUT2D eigenvalue weighted by Crippen LogP contribution is 2.39. The van der Waals surface area contributed by atoms with Crippen LogP contribution in [-0.2, 0) is 14.4 Å². The number of nitrogens with one attached hydrogen (secondary N) is 2. The number of hydrogen-bond acceptors (Lipinski definition) is 3. The highest BCUT2D eigenvalue weighted by molar-refractivity contribution is 5.98. The Bertz CT molecular complexity index is 524. The topological polar surface area (TPSA) is 95.5 Å². The molecular formula is C13H14N2O4. The van der Waals surface area contributed by atoms with E-state index in [2.05, 4.69) is 10.6 Å². The average molecular weight is 262 g/mol. The van der Waals surface area contributed by atoms with Crippen molar-refractivity contribution >= 4 is 29.2 Å². The molecule has 0 radical (unpaired) electrons. The number of rotatable bonds is 4. The Hall–Kier alpha value is -2.37. The van der Waals surface area contributed by atoms with Crippen LogP contribution in [0.5, 0.6) is 0 Å². The van der Waals surface area contributed by atoms with E-state index >= 15 is 0 Å². The Morgan fingerprint density at radius 3 is 2.00 bits per heavy atom. The monoisotopic (exact) mass is 262 g/mol. The van der Waals surface area contributed by atoms with Crippen molar-refractivity contribution in [3.63, 3.8) is 0 Å². The lowest BCUT2D eigenvalue weighted by Gasteiger charge is -2.06. The highest BCUT2D eigenvalue weighted by Gasteiger charge is 2.48. The Morgan fingerprint density at radius 2 is 1.58 bits per heavy atom. The number of carboxylic acids is 1. The van der Waals surface area contributed by atoms with Crippen LogP contribution in [-0.4, -0.2) is 22.9 Å². The third kappa shape index (κ3) is 3.31. The van der Waals surface area contributed by atoms with Crippen LogP contribution in [0.2, 0.25) is 0 Å². The molecule has 1 aliphatic rings. The summed E-state index contributed by atoms with van der Waals surface area (Å²) in [6, 6.07) is 6.64. The Morgan fingerprint density at radius 1 is 1.05 bits per heavy atom. The van der Waals surface area contributed by atoms with Crippen molar-refractivity contribution in [2.24, 2.45) is 11.8 Å². The van der Waals surface area contributed by atoms with E-state index in [-0.39, 0.29) is 11.8 Å². The zero-order chi connectivity index (χ0) is 14.0. The zero-order valence-corrected chi connectivity index (χ0v) is 10.3. The maximum Gasteiger partial charge on any atom is 0.307 e. The van der Waals surface area contributed by atoms with E-state index in [9.17, 15) is 14.4 Å². The summed E-state index contributed by atoms with van der Waals surface area (Å²) in [6.45, 7) is 1.41. The molecule has 2 rings (SSSR count). The first-order chi connectivity index (χ1) is 8.97. The van der Waals surface area contributed by atoms with Crippen LogP contribution < -0.4 is 10.6 Å². The first kappa shape index (κ1) is 13.1. The minimum Gasteiger partial charge on any atom is -0.481 e. The van der Waals surface area contributed by atoms with Crippen molar-refractivity contribution in [1.29, 1.82) is 0 Å². The molecule has 2 amide bonds. The second-order valence-corrected chi connectivity index (χ2v) is 4.53. The van der Waals surface area contributed by atoms with E-state index in [1.807, 2.05) is 0 Å². The smallest absolute Gasteiger partial charge is 0.307 e. The molecule has 1 fully saturated rings. The van der Waals surface area contributed by atoms with Gasteiger partial charge in [-0.05, 0) is 30.7 Å². The van der Waals surface area contributed by atoms with Crippen molar-refractivity contribution in [2.45, 2.75) is 13.3 Å². The van der Waals surface area contributed by atoms with Gasteiger partial charge in [0, 0.05) is 18.3 Å². The van der Waals surface area contributed by atoms with Gasteiger partial charge in [-0.1, -0.05) is 0 Å². The van der Waals surface area contributed by atoms with Crippen LogP contribution in [0.15, 0.2) is 24.3 Å². The molecule has 0 bridgehead atoms. The predicted octanol–water partition coefficient (Wildman–Crippen LogP) is 1.30. The van der Waals surface area contributed by atoms with E-state index in [4.69, 9.17) is 5.11 Å². The van der Waals surface area contributed by atoms with Crippen LogP contribution in [0.1, 0.15) is 13.3 Å². The molecule has 2 unspecified atom stereocenters. The van der Waals surface area contributed by atoms with E-state index in [1.165, 1.54) is 6.92 Å². The first-order valence-corrected chi connectivity index (χ1v) is 5.88. The summed E-state index contributed by atoms with van der Waals surface area (Å²) in [4.78, 5) is 33.2. The Labute approximate surface area is 109 Å². The van der Waals surface area contributed by atoms with Crippen molar-refractivity contribution in [2.75, 3.05) is 10.6 Å². The van der Waals surface area contributed by atoms with Crippen LogP contribution in [0.25, 0.3) is 0 Å². The Kier molecular flexibility index (Phi) is 3.50. The number of hydrogen-bond donors (Lipinski definition) is 3. The van der Waals surface area contributed by atoms with Crippen LogP contribution in [0.4, 0.5) is 11.4 Å². The van der Waals surface area contributed by atoms with Crippen LogP contribution in [0, 0.1) is 11.8 Å². The fourth-order valence-corrected chi connectivity index (χ4v) is 1.83. The molecule has 6 nitrogen and oxygen atoms in total. The molecule has 100 valence electrons. The zero-order valence-electron chi connectivity index (χ0n) is 10.3. The van der Waals surface area contributed by atoms with Crippen molar-refractivity contribution in [3.8, 4) is 0 Å². The molecule has 19 heavy (non-hydrogen) atoms. The maximum absolute atomic E-state index is 11.7. The molecule has 2 atom stereocenters. The summed E-state index contributed by atoms with van der Waals surface area (Å²) in [6.07, 6.45) is 0.394. The lowest BCUT2D eigenvalue weighted by molar-refractivity contribution is -0.139. The molecule has 0 aromatic heterocycles. The second kappa shape index (κ2) is 5.09. The lowest BCUT2D eigenvalue weighted by atomic mass is 10.2. The summed E-state index contributed by atoms with van der Waals surface area (Å²) in [5.74, 6) is -2.37. The standard InChI is InChI=1S/C13H14N2O4/c1-7(16)14-8-2-4-9(5-3-8)15-12(17)10-6-11(10)13(18)19/h2-5,10-11H,6H2,1H3,(H,14,16)(H,15,17)(H,18,19). The second-order valence-electron chi connectivity index (χ2n) is 4.53. The van der Waals surface area contributed by atoms with E-state index in [0.29, 0.717) is 17.8 Å². The fraction of sp³-hybridized carbons (Fsp3) is 0.308. The molecule has 1 aromatic rings. The summed E-state index contributed by atoms with van der Waals surface area (Å²) >= 11 is 0. The number of carboxylic acid groups (broad SMARTS) is 1. The van der Waals surface area contributed by atoms with Gasteiger partial charge in [0.1, 0.15) is 0 Å². The summed E-state index contributed by atoms with van der Waals surface area (Å²) < 4.78 is 0. The molecule has 1 aliphatic carbocycles. The van der Waals surface area contributed by atoms with Gasteiger partial charge < -0.3 is 15.7 Å². The number of carbonyl (C=O) groups is 3. The summed E-state index contributed by atoms with van der Waals surface area (Å²) in [5.41, 5.74) is 1.22. The van der Waals surface area contributed by atoms with E-state index in [1.54, 1.807) is 24.3 Å². The van der Waals surface area contributed by atoms with E-state index < -0.39 is 17.8 Å². The quantitative estimate of drug-likeness (QED) is 0.762. The number of aliphatic carboxylic acids is 1. The van der Waals surface area contributed by atoms with Gasteiger partial charge in [0.15, 0.2) is 0 Å². The third-order valence-electron chi connectivity index (χ3n) is 2.92. The largest absolute Gasteiger partial charge is 0.481 e. The average Bonchev–Trinajstić information content (AvgIpc) is 3.11. The molecule has 1 saturated carbocycles. The minimum atomic E-state index is -0.929. The van der Waals surface area contributed by atoms with Gasteiger partial charge in [-0.2, -0.15) is 0 Å². The number of carbonyl (C=O) groups excluding carboxylic acids is 2. The van der Waals surface area contributed by atoms with Gasteiger partial charge >= 0.3 is 5.97 Å². The lowest BCUT2D eigenvalue weighted by Crippen LogP contribution is -2.16. The van der Waals surface area contributed by atoms with Gasteiger partial charge in [-0.15, -0.1) is 0 Å². The normalized spacial score (nSPS) is 20.5. The fourth-order valence-electron chi connectivity index (χ4n) is 1.83.